The van der Waals surface area contributed by atoms with Gasteiger partial charge >= 0.3 is 0 Å². The van der Waals surface area contributed by atoms with E-state index in [1.54, 1.807) is 19.1 Å². The smallest absolute Gasteiger partial charge is 0.291 e. The topological polar surface area (TPSA) is 114 Å². The van der Waals surface area contributed by atoms with E-state index < -0.39 is 15.9 Å². The lowest BCUT2D eigenvalue weighted by atomic mass is 10.2. The molecule has 142 valence electrons. The maximum atomic E-state index is 12.4. The van der Waals surface area contributed by atoms with Gasteiger partial charge in [0.1, 0.15) is 11.3 Å². The van der Waals surface area contributed by atoms with Crippen LogP contribution in [-0.2, 0) is 10.0 Å². The van der Waals surface area contributed by atoms with Crippen LogP contribution in [0.4, 0.5) is 11.5 Å². The summed E-state index contributed by atoms with van der Waals surface area (Å²) >= 11 is 0. The van der Waals surface area contributed by atoms with E-state index >= 15 is 0 Å². The van der Waals surface area contributed by atoms with Crippen molar-refractivity contribution in [1.29, 1.82) is 0 Å². The Morgan fingerprint density at radius 3 is 2.46 bits per heavy atom. The number of nitrogens with one attached hydrogen (secondary N) is 2. The van der Waals surface area contributed by atoms with Crippen LogP contribution in [-0.4, -0.2) is 19.5 Å². The van der Waals surface area contributed by atoms with E-state index in [2.05, 4.69) is 15.2 Å². The summed E-state index contributed by atoms with van der Waals surface area (Å²) in [5.41, 5.74) is 1.05. The van der Waals surface area contributed by atoms with Gasteiger partial charge in [0.15, 0.2) is 11.6 Å². The standard InChI is InChI=1S/C19H15N3O5S/c1-12-10-18(21-27-12)22-28(24,25)15-8-6-14(7-9-15)20-19(23)17-11-13-4-2-3-5-16(13)26-17/h2-11H,1H3,(H,20,23)(H,21,22). The van der Waals surface area contributed by atoms with Crippen LogP contribution in [0.3, 0.4) is 0 Å². The molecule has 0 spiro atoms. The predicted octanol–water partition coefficient (Wildman–Crippen LogP) is 3.78. The van der Waals surface area contributed by atoms with E-state index in [1.807, 2.05) is 18.2 Å². The first-order chi connectivity index (χ1) is 13.4. The maximum Gasteiger partial charge on any atom is 0.291 e. The predicted molar refractivity (Wildman–Crippen MR) is 103 cm³/mol. The number of hydrogen-bond donors (Lipinski definition) is 2. The van der Waals surface area contributed by atoms with Crippen molar-refractivity contribution in [2.75, 3.05) is 10.0 Å². The van der Waals surface area contributed by atoms with E-state index in [9.17, 15) is 13.2 Å². The molecular formula is C19H15N3O5S. The van der Waals surface area contributed by atoms with Crippen molar-refractivity contribution in [3.63, 3.8) is 0 Å². The molecule has 28 heavy (non-hydrogen) atoms. The van der Waals surface area contributed by atoms with Gasteiger partial charge < -0.3 is 14.3 Å². The molecule has 0 radical (unpaired) electrons. The van der Waals surface area contributed by atoms with E-state index in [0.717, 1.165) is 5.39 Å². The molecule has 0 saturated heterocycles. The lowest BCUT2D eigenvalue weighted by Gasteiger charge is -2.07. The monoisotopic (exact) mass is 397 g/mol. The van der Waals surface area contributed by atoms with Gasteiger partial charge in [-0.1, -0.05) is 23.4 Å². The van der Waals surface area contributed by atoms with Gasteiger partial charge in [0.25, 0.3) is 15.9 Å². The van der Waals surface area contributed by atoms with Crippen molar-refractivity contribution < 1.29 is 22.2 Å². The first-order valence-corrected chi connectivity index (χ1v) is 9.75. The molecule has 0 aliphatic carbocycles. The number of benzene rings is 2. The third-order valence-corrected chi connectivity index (χ3v) is 5.31. The number of sulfonamides is 1. The number of carbonyl (C=O) groups excluding carboxylic acids is 1. The molecular weight excluding hydrogens is 382 g/mol. The second-order valence-corrected chi connectivity index (χ2v) is 7.74. The summed E-state index contributed by atoms with van der Waals surface area (Å²) in [5, 5.41) is 7.10. The third-order valence-electron chi connectivity index (χ3n) is 3.94. The Kier molecular flexibility index (Phi) is 4.36. The lowest BCUT2D eigenvalue weighted by molar-refractivity contribution is 0.0998. The fourth-order valence-corrected chi connectivity index (χ4v) is 3.60. The SMILES string of the molecule is Cc1cc(NS(=O)(=O)c2ccc(NC(=O)c3cc4ccccc4o3)cc2)no1. The number of carbonyl (C=O) groups is 1. The number of anilines is 2. The zero-order chi connectivity index (χ0) is 19.7. The molecule has 0 saturated carbocycles. The molecule has 2 N–H and O–H groups in total. The number of nitrogens with zero attached hydrogens (tertiary/aromatic N) is 1. The largest absolute Gasteiger partial charge is 0.451 e. The van der Waals surface area contributed by atoms with Crippen molar-refractivity contribution in [2.24, 2.45) is 0 Å². The first kappa shape index (κ1) is 17.8. The van der Waals surface area contributed by atoms with Crippen LogP contribution in [0.2, 0.25) is 0 Å². The van der Waals surface area contributed by atoms with Crippen molar-refractivity contribution in [3.8, 4) is 0 Å². The van der Waals surface area contributed by atoms with Crippen LogP contribution >= 0.6 is 0 Å². The molecule has 2 aromatic carbocycles. The maximum absolute atomic E-state index is 12.4. The average molecular weight is 397 g/mol. The highest BCUT2D eigenvalue weighted by Gasteiger charge is 2.17. The molecule has 4 aromatic rings. The third kappa shape index (κ3) is 3.60. The highest BCUT2D eigenvalue weighted by atomic mass is 32.2. The Morgan fingerprint density at radius 1 is 1.04 bits per heavy atom. The van der Waals surface area contributed by atoms with Crippen molar-refractivity contribution in [2.45, 2.75) is 11.8 Å². The van der Waals surface area contributed by atoms with Gasteiger partial charge in [-0.3, -0.25) is 9.52 Å². The molecule has 1 amide bonds. The molecule has 2 heterocycles. The number of hydrogen-bond acceptors (Lipinski definition) is 6. The summed E-state index contributed by atoms with van der Waals surface area (Å²) < 4.78 is 37.4. The Morgan fingerprint density at radius 2 is 1.79 bits per heavy atom. The Bertz CT molecular complexity index is 1220. The molecule has 9 heteroatoms. The number of rotatable bonds is 5. The molecule has 0 aliphatic rings. The van der Waals surface area contributed by atoms with Gasteiger partial charge in [0, 0.05) is 17.1 Å². The molecule has 0 aliphatic heterocycles. The number of para-hydroxylation sites is 1. The molecule has 0 bridgehead atoms. The van der Waals surface area contributed by atoms with Gasteiger partial charge in [0.2, 0.25) is 0 Å². The summed E-state index contributed by atoms with van der Waals surface area (Å²) in [7, 11) is -3.82. The fraction of sp³-hybridized carbons (Fsp3) is 0.0526. The lowest BCUT2D eigenvalue weighted by Crippen LogP contribution is -2.14. The number of furan rings is 1. The number of fused-ring (bicyclic) bond motifs is 1. The van der Waals surface area contributed by atoms with Crippen LogP contribution in [0.1, 0.15) is 16.3 Å². The highest BCUT2D eigenvalue weighted by molar-refractivity contribution is 7.92. The molecule has 8 nitrogen and oxygen atoms in total. The first-order valence-electron chi connectivity index (χ1n) is 8.27. The Balaban J connectivity index is 1.48. The minimum absolute atomic E-state index is 0.0230. The van der Waals surface area contributed by atoms with E-state index in [0.29, 0.717) is 17.0 Å². The van der Waals surface area contributed by atoms with E-state index in [4.69, 9.17) is 8.94 Å². The second kappa shape index (κ2) is 6.86. The summed E-state index contributed by atoms with van der Waals surface area (Å²) in [5.74, 6) is 0.324. The molecule has 2 aromatic heterocycles. The Hall–Kier alpha value is -3.59. The molecule has 0 atom stereocenters. The van der Waals surface area contributed by atoms with E-state index in [1.165, 1.54) is 30.3 Å². The minimum Gasteiger partial charge on any atom is -0.451 e. The summed E-state index contributed by atoms with van der Waals surface area (Å²) in [6, 6.07) is 16.1. The molecule has 0 unspecified atom stereocenters. The van der Waals surface area contributed by atoms with Crippen LogP contribution in [0, 0.1) is 6.92 Å². The van der Waals surface area contributed by atoms with Crippen LogP contribution in [0.25, 0.3) is 11.0 Å². The van der Waals surface area contributed by atoms with Crippen LogP contribution in [0.15, 0.2) is 74.5 Å². The number of amides is 1. The summed E-state index contributed by atoms with van der Waals surface area (Å²) in [6.07, 6.45) is 0. The number of aryl methyl sites for hydroxylation is 1. The highest BCUT2D eigenvalue weighted by Crippen LogP contribution is 2.21. The van der Waals surface area contributed by atoms with Gasteiger partial charge in [-0.2, -0.15) is 0 Å². The van der Waals surface area contributed by atoms with Gasteiger partial charge in [-0.25, -0.2) is 8.42 Å². The summed E-state index contributed by atoms with van der Waals surface area (Å²) in [4.78, 5) is 12.4. The average Bonchev–Trinajstić information content (AvgIpc) is 3.27. The Labute approximate surface area is 160 Å². The molecule has 4 rings (SSSR count). The number of aromatic nitrogens is 1. The van der Waals surface area contributed by atoms with Crippen LogP contribution < -0.4 is 10.0 Å². The van der Waals surface area contributed by atoms with Crippen molar-refractivity contribution in [1.82, 2.24) is 5.16 Å². The van der Waals surface area contributed by atoms with E-state index in [-0.39, 0.29) is 16.5 Å². The zero-order valence-corrected chi connectivity index (χ0v) is 15.5. The summed E-state index contributed by atoms with van der Waals surface area (Å²) in [6.45, 7) is 1.66. The molecule has 0 fully saturated rings. The van der Waals surface area contributed by atoms with Gasteiger partial charge in [-0.05, 0) is 43.3 Å². The minimum atomic E-state index is -3.82. The zero-order valence-electron chi connectivity index (χ0n) is 14.7. The normalized spacial score (nSPS) is 11.5. The fourth-order valence-electron chi connectivity index (χ4n) is 2.61. The van der Waals surface area contributed by atoms with Crippen LogP contribution in [0.5, 0.6) is 0 Å². The quantitative estimate of drug-likeness (QED) is 0.530. The van der Waals surface area contributed by atoms with Gasteiger partial charge in [0.05, 0.1) is 4.90 Å². The second-order valence-electron chi connectivity index (χ2n) is 6.06. The van der Waals surface area contributed by atoms with Crippen molar-refractivity contribution in [3.05, 3.63) is 72.2 Å². The van der Waals surface area contributed by atoms with Crippen molar-refractivity contribution >= 4 is 38.4 Å². The van der Waals surface area contributed by atoms with Gasteiger partial charge in [-0.15, -0.1) is 0 Å².